The van der Waals surface area contributed by atoms with Gasteiger partial charge in [0.15, 0.2) is 0 Å². The molecular formula is C15H18BFN2O2. The topological polar surface area (TPSA) is 56.6 Å². The average molecular weight is 288 g/mol. The number of rotatable bonds is 6. The normalized spacial score (nSPS) is 10.9. The van der Waals surface area contributed by atoms with Gasteiger partial charge in [-0.25, -0.2) is 4.39 Å². The van der Waals surface area contributed by atoms with E-state index >= 15 is 0 Å². The van der Waals surface area contributed by atoms with Gasteiger partial charge < -0.3 is 14.9 Å². The maximum Gasteiger partial charge on any atom is 0.488 e. The van der Waals surface area contributed by atoms with Crippen LogP contribution in [0.3, 0.4) is 0 Å². The largest absolute Gasteiger partial charge is 0.488 e. The van der Waals surface area contributed by atoms with Crippen LogP contribution in [0, 0.1) is 5.82 Å². The molecule has 0 bridgehead atoms. The van der Waals surface area contributed by atoms with Gasteiger partial charge in [-0.15, -0.1) is 0 Å². The van der Waals surface area contributed by atoms with Crippen LogP contribution in [0.25, 0.3) is 0 Å². The highest BCUT2D eigenvalue weighted by molar-refractivity contribution is 6.58. The van der Waals surface area contributed by atoms with Crippen LogP contribution in [0.15, 0.2) is 42.6 Å². The first-order chi connectivity index (χ1) is 10.0. The number of aromatic nitrogens is 1. The smallest absolute Gasteiger partial charge is 0.423 e. The molecule has 1 aromatic carbocycles. The molecule has 0 fully saturated rings. The summed E-state index contributed by atoms with van der Waals surface area (Å²) >= 11 is 0. The molecule has 0 aliphatic carbocycles. The molecule has 0 atom stereocenters. The van der Waals surface area contributed by atoms with Crippen LogP contribution in [0.1, 0.15) is 11.3 Å². The predicted octanol–water partition coefficient (Wildman–Crippen LogP) is 0.575. The van der Waals surface area contributed by atoms with Crippen molar-refractivity contribution in [3.05, 3.63) is 59.7 Å². The number of likely N-dealkylation sites (N-methyl/N-ethyl adjacent to an activating group) is 1. The van der Waals surface area contributed by atoms with Gasteiger partial charge in [-0.1, -0.05) is 12.1 Å². The van der Waals surface area contributed by atoms with Crippen LogP contribution in [-0.4, -0.2) is 40.6 Å². The number of benzene rings is 1. The number of nitrogens with zero attached hydrogens (tertiary/aromatic N) is 2. The Morgan fingerprint density at radius 1 is 1.24 bits per heavy atom. The van der Waals surface area contributed by atoms with Crippen molar-refractivity contribution < 1.29 is 14.4 Å². The molecular weight excluding hydrogens is 270 g/mol. The van der Waals surface area contributed by atoms with Gasteiger partial charge in [-0.3, -0.25) is 4.98 Å². The molecule has 1 aromatic heterocycles. The molecule has 0 unspecified atom stereocenters. The lowest BCUT2D eigenvalue weighted by Gasteiger charge is -2.17. The van der Waals surface area contributed by atoms with E-state index < -0.39 is 12.9 Å². The van der Waals surface area contributed by atoms with Gasteiger partial charge in [-0.2, -0.15) is 0 Å². The highest BCUT2D eigenvalue weighted by Crippen LogP contribution is 2.06. The molecule has 0 radical (unpaired) electrons. The van der Waals surface area contributed by atoms with Gasteiger partial charge in [0.05, 0.1) is 0 Å². The maximum absolute atomic E-state index is 13.4. The fourth-order valence-corrected chi connectivity index (χ4v) is 2.16. The molecule has 21 heavy (non-hydrogen) atoms. The minimum atomic E-state index is -1.65. The van der Waals surface area contributed by atoms with Gasteiger partial charge in [0.25, 0.3) is 0 Å². The fraction of sp³-hybridized carbons (Fsp3) is 0.267. The van der Waals surface area contributed by atoms with Crippen molar-refractivity contribution in [2.24, 2.45) is 0 Å². The summed E-state index contributed by atoms with van der Waals surface area (Å²) in [4.78, 5) is 6.30. The molecule has 2 N–H and O–H groups in total. The quantitative estimate of drug-likeness (QED) is 0.763. The lowest BCUT2D eigenvalue weighted by Crippen LogP contribution is -2.31. The van der Waals surface area contributed by atoms with Crippen molar-refractivity contribution in [3.8, 4) is 0 Å². The number of pyridine rings is 1. The second kappa shape index (κ2) is 7.31. The molecule has 0 spiro atoms. The SMILES string of the molecule is CN(CCc1ccccn1)Cc1cc(F)cc(B(O)O)c1. The Balaban J connectivity index is 1.94. The zero-order valence-electron chi connectivity index (χ0n) is 11.9. The molecule has 0 saturated heterocycles. The van der Waals surface area contributed by atoms with Gasteiger partial charge in [0.1, 0.15) is 5.82 Å². The van der Waals surface area contributed by atoms with Crippen LogP contribution in [-0.2, 0) is 13.0 Å². The summed E-state index contributed by atoms with van der Waals surface area (Å²) in [6.07, 6.45) is 2.57. The van der Waals surface area contributed by atoms with E-state index in [1.807, 2.05) is 30.1 Å². The first kappa shape index (κ1) is 15.6. The van der Waals surface area contributed by atoms with Crippen LogP contribution >= 0.6 is 0 Å². The zero-order chi connectivity index (χ0) is 15.2. The number of halogens is 1. The summed E-state index contributed by atoms with van der Waals surface area (Å²) in [6.45, 7) is 1.31. The average Bonchev–Trinajstić information content (AvgIpc) is 2.45. The molecule has 4 nitrogen and oxygen atoms in total. The molecule has 6 heteroatoms. The van der Waals surface area contributed by atoms with E-state index in [4.69, 9.17) is 10.0 Å². The van der Waals surface area contributed by atoms with Crippen molar-refractivity contribution in [2.45, 2.75) is 13.0 Å². The fourth-order valence-electron chi connectivity index (χ4n) is 2.16. The first-order valence-corrected chi connectivity index (χ1v) is 6.78. The van der Waals surface area contributed by atoms with Crippen LogP contribution < -0.4 is 5.46 Å². The second-order valence-electron chi connectivity index (χ2n) is 5.08. The Hall–Kier alpha value is -1.76. The molecule has 2 rings (SSSR count). The van der Waals surface area contributed by atoms with E-state index in [2.05, 4.69) is 4.98 Å². The van der Waals surface area contributed by atoms with Gasteiger partial charge in [0, 0.05) is 31.4 Å². The standard InChI is InChI=1S/C15H18BFN2O2/c1-19(7-5-15-4-2-3-6-18-15)11-12-8-13(16(20)21)10-14(17)9-12/h2-4,6,8-10,20-21H,5,7,11H2,1H3. The van der Waals surface area contributed by atoms with E-state index in [9.17, 15) is 4.39 Å². The summed E-state index contributed by atoms with van der Waals surface area (Å²) in [5, 5.41) is 18.3. The summed E-state index contributed by atoms with van der Waals surface area (Å²) in [6, 6.07) is 9.93. The highest BCUT2D eigenvalue weighted by Gasteiger charge is 2.13. The Bertz CT molecular complexity index is 581. The molecule has 0 saturated carbocycles. The third-order valence-electron chi connectivity index (χ3n) is 3.21. The van der Waals surface area contributed by atoms with Gasteiger partial charge in [-0.05, 0) is 42.3 Å². The van der Waals surface area contributed by atoms with E-state index in [1.54, 1.807) is 12.3 Å². The van der Waals surface area contributed by atoms with Crippen LogP contribution in [0.4, 0.5) is 4.39 Å². The number of hydrogen-bond donors (Lipinski definition) is 2. The summed E-state index contributed by atoms with van der Waals surface area (Å²) in [7, 11) is 0.279. The van der Waals surface area contributed by atoms with E-state index in [-0.39, 0.29) is 5.46 Å². The Morgan fingerprint density at radius 2 is 2.05 bits per heavy atom. The lowest BCUT2D eigenvalue weighted by atomic mass is 9.79. The van der Waals surface area contributed by atoms with Gasteiger partial charge >= 0.3 is 7.12 Å². The first-order valence-electron chi connectivity index (χ1n) is 6.78. The third-order valence-corrected chi connectivity index (χ3v) is 3.21. The van der Waals surface area contributed by atoms with Gasteiger partial charge in [0.2, 0.25) is 0 Å². The van der Waals surface area contributed by atoms with Crippen molar-refractivity contribution in [1.29, 1.82) is 0 Å². The molecule has 0 amide bonds. The monoisotopic (exact) mass is 288 g/mol. The summed E-state index contributed by atoms with van der Waals surface area (Å²) in [5.74, 6) is -0.464. The van der Waals surface area contributed by atoms with E-state index in [0.29, 0.717) is 12.1 Å². The Kier molecular flexibility index (Phi) is 5.44. The molecule has 110 valence electrons. The Morgan fingerprint density at radius 3 is 2.71 bits per heavy atom. The van der Waals surface area contributed by atoms with Crippen molar-refractivity contribution >= 4 is 12.6 Å². The van der Waals surface area contributed by atoms with Crippen molar-refractivity contribution in [2.75, 3.05) is 13.6 Å². The molecule has 0 aliphatic rings. The number of hydrogen-bond acceptors (Lipinski definition) is 4. The third kappa shape index (κ3) is 4.93. The molecule has 2 aromatic rings. The second-order valence-corrected chi connectivity index (χ2v) is 5.08. The lowest BCUT2D eigenvalue weighted by molar-refractivity contribution is 0.329. The van der Waals surface area contributed by atoms with Crippen LogP contribution in [0.5, 0.6) is 0 Å². The summed E-state index contributed by atoms with van der Waals surface area (Å²) < 4.78 is 13.4. The van der Waals surface area contributed by atoms with Crippen molar-refractivity contribution in [1.82, 2.24) is 9.88 Å². The zero-order valence-corrected chi connectivity index (χ0v) is 11.9. The minimum absolute atomic E-state index is 0.170. The maximum atomic E-state index is 13.4. The Labute approximate surface area is 124 Å². The minimum Gasteiger partial charge on any atom is -0.423 e. The summed E-state index contributed by atoms with van der Waals surface area (Å²) in [5.41, 5.74) is 1.89. The van der Waals surface area contributed by atoms with Crippen LogP contribution in [0.2, 0.25) is 0 Å². The predicted molar refractivity (Wildman–Crippen MR) is 80.5 cm³/mol. The van der Waals surface area contributed by atoms with E-state index in [1.165, 1.54) is 6.07 Å². The van der Waals surface area contributed by atoms with E-state index in [0.717, 1.165) is 24.7 Å². The van der Waals surface area contributed by atoms with Crippen molar-refractivity contribution in [3.63, 3.8) is 0 Å². The highest BCUT2D eigenvalue weighted by atomic mass is 19.1. The molecule has 1 heterocycles. The molecule has 0 aliphatic heterocycles.